The first-order valence-electron chi connectivity index (χ1n) is 5.70. The standard InChI is InChI=1S/C12H19N3O2/c1-7(2)5-10(11(16)17)15-12-13-8(3)6-9(4)14-12/h6-7,10H,5H2,1-4H3,(H,16,17)(H,13,14,15)/t10-/m0/s1. The monoisotopic (exact) mass is 237 g/mol. The van der Waals surface area contributed by atoms with E-state index in [-0.39, 0.29) is 0 Å². The lowest BCUT2D eigenvalue weighted by Crippen LogP contribution is -2.31. The lowest BCUT2D eigenvalue weighted by atomic mass is 10.0. The predicted molar refractivity (Wildman–Crippen MR) is 66.0 cm³/mol. The highest BCUT2D eigenvalue weighted by Crippen LogP contribution is 2.11. The van der Waals surface area contributed by atoms with Gasteiger partial charge in [0.25, 0.3) is 0 Å². The second kappa shape index (κ2) is 5.61. The molecule has 0 radical (unpaired) electrons. The Morgan fingerprint density at radius 2 is 1.88 bits per heavy atom. The molecule has 0 aliphatic heterocycles. The molecule has 0 saturated carbocycles. The van der Waals surface area contributed by atoms with Crippen molar-refractivity contribution in [1.29, 1.82) is 0 Å². The second-order valence-corrected chi connectivity index (χ2v) is 4.64. The number of rotatable bonds is 5. The molecule has 0 spiro atoms. The molecular formula is C12H19N3O2. The lowest BCUT2D eigenvalue weighted by Gasteiger charge is -2.16. The Morgan fingerprint density at radius 3 is 2.29 bits per heavy atom. The number of aryl methyl sites for hydroxylation is 2. The SMILES string of the molecule is Cc1cc(C)nc(N[C@@H](CC(C)C)C(=O)O)n1. The highest BCUT2D eigenvalue weighted by atomic mass is 16.4. The molecule has 2 N–H and O–H groups in total. The van der Waals surface area contributed by atoms with E-state index in [2.05, 4.69) is 15.3 Å². The maximum absolute atomic E-state index is 11.1. The third-order valence-electron chi connectivity index (χ3n) is 2.29. The van der Waals surface area contributed by atoms with Crippen LogP contribution in [0.15, 0.2) is 6.07 Å². The average molecular weight is 237 g/mol. The minimum absolute atomic E-state index is 0.300. The topological polar surface area (TPSA) is 75.1 Å². The summed E-state index contributed by atoms with van der Waals surface area (Å²) in [5.41, 5.74) is 1.65. The number of hydrogen-bond donors (Lipinski definition) is 2. The Bertz CT molecular complexity index is 384. The van der Waals surface area contributed by atoms with Gasteiger partial charge in [0.05, 0.1) is 0 Å². The summed E-state index contributed by atoms with van der Waals surface area (Å²) in [4.78, 5) is 19.4. The molecule has 0 aliphatic carbocycles. The molecule has 0 amide bonds. The normalized spacial score (nSPS) is 12.5. The molecule has 94 valence electrons. The van der Waals surface area contributed by atoms with Crippen LogP contribution >= 0.6 is 0 Å². The summed E-state index contributed by atoms with van der Waals surface area (Å²) in [6, 6.07) is 1.21. The fraction of sp³-hybridized carbons (Fsp3) is 0.583. The summed E-state index contributed by atoms with van der Waals surface area (Å²) in [6.45, 7) is 7.69. The van der Waals surface area contributed by atoms with Crippen molar-refractivity contribution in [2.75, 3.05) is 5.32 Å². The molecule has 1 rings (SSSR count). The van der Waals surface area contributed by atoms with Crippen molar-refractivity contribution in [2.24, 2.45) is 5.92 Å². The Hall–Kier alpha value is -1.65. The lowest BCUT2D eigenvalue weighted by molar-refractivity contribution is -0.138. The van der Waals surface area contributed by atoms with Crippen LogP contribution in [0, 0.1) is 19.8 Å². The van der Waals surface area contributed by atoms with Gasteiger partial charge in [-0.15, -0.1) is 0 Å². The van der Waals surface area contributed by atoms with Gasteiger partial charge >= 0.3 is 5.97 Å². The van der Waals surface area contributed by atoms with Crippen molar-refractivity contribution in [3.63, 3.8) is 0 Å². The van der Waals surface area contributed by atoms with Gasteiger partial charge in [0.2, 0.25) is 5.95 Å². The van der Waals surface area contributed by atoms with E-state index in [0.29, 0.717) is 18.3 Å². The largest absolute Gasteiger partial charge is 0.480 e. The second-order valence-electron chi connectivity index (χ2n) is 4.64. The molecule has 17 heavy (non-hydrogen) atoms. The quantitative estimate of drug-likeness (QED) is 0.819. The Kier molecular flexibility index (Phi) is 4.43. The van der Waals surface area contributed by atoms with E-state index in [9.17, 15) is 4.79 Å². The summed E-state index contributed by atoms with van der Waals surface area (Å²) in [5.74, 6) is -0.188. The molecule has 0 bridgehead atoms. The first-order valence-corrected chi connectivity index (χ1v) is 5.70. The van der Waals surface area contributed by atoms with Gasteiger partial charge in [0.15, 0.2) is 0 Å². The minimum Gasteiger partial charge on any atom is -0.480 e. The van der Waals surface area contributed by atoms with E-state index < -0.39 is 12.0 Å². The van der Waals surface area contributed by atoms with E-state index >= 15 is 0 Å². The molecular weight excluding hydrogens is 218 g/mol. The predicted octanol–water partition coefficient (Wildman–Crippen LogP) is 2.00. The van der Waals surface area contributed by atoms with E-state index in [0.717, 1.165) is 11.4 Å². The van der Waals surface area contributed by atoms with Gasteiger partial charge in [-0.25, -0.2) is 14.8 Å². The number of carboxylic acids is 1. The van der Waals surface area contributed by atoms with Gasteiger partial charge < -0.3 is 10.4 Å². The van der Waals surface area contributed by atoms with Crippen LogP contribution in [-0.4, -0.2) is 27.1 Å². The van der Waals surface area contributed by atoms with Crippen molar-refractivity contribution in [2.45, 2.75) is 40.2 Å². The van der Waals surface area contributed by atoms with Crippen LogP contribution in [0.5, 0.6) is 0 Å². The fourth-order valence-corrected chi connectivity index (χ4v) is 1.64. The van der Waals surface area contributed by atoms with Crippen LogP contribution in [0.1, 0.15) is 31.7 Å². The van der Waals surface area contributed by atoms with Gasteiger partial charge in [0.1, 0.15) is 6.04 Å². The van der Waals surface area contributed by atoms with E-state index in [1.807, 2.05) is 33.8 Å². The zero-order valence-corrected chi connectivity index (χ0v) is 10.7. The van der Waals surface area contributed by atoms with Gasteiger partial charge in [-0.2, -0.15) is 0 Å². The molecule has 0 unspecified atom stereocenters. The van der Waals surface area contributed by atoms with Crippen molar-refractivity contribution in [3.8, 4) is 0 Å². The zero-order valence-electron chi connectivity index (χ0n) is 10.7. The summed E-state index contributed by atoms with van der Waals surface area (Å²) in [7, 11) is 0. The highest BCUT2D eigenvalue weighted by molar-refractivity contribution is 5.76. The smallest absolute Gasteiger partial charge is 0.326 e. The molecule has 0 aliphatic rings. The number of carbonyl (C=O) groups is 1. The van der Waals surface area contributed by atoms with E-state index in [4.69, 9.17) is 5.11 Å². The maximum Gasteiger partial charge on any atom is 0.326 e. The van der Waals surface area contributed by atoms with E-state index in [1.54, 1.807) is 0 Å². The number of aliphatic carboxylic acids is 1. The number of nitrogens with one attached hydrogen (secondary N) is 1. The number of nitrogens with zero attached hydrogens (tertiary/aromatic N) is 2. The number of hydrogen-bond acceptors (Lipinski definition) is 4. The summed E-state index contributed by atoms with van der Waals surface area (Å²) < 4.78 is 0. The number of carboxylic acid groups (broad SMARTS) is 1. The third kappa shape index (κ3) is 4.38. The third-order valence-corrected chi connectivity index (χ3v) is 2.29. The first-order chi connectivity index (χ1) is 7.88. The van der Waals surface area contributed by atoms with Gasteiger partial charge in [-0.3, -0.25) is 0 Å². The molecule has 5 nitrogen and oxygen atoms in total. The highest BCUT2D eigenvalue weighted by Gasteiger charge is 2.19. The van der Waals surface area contributed by atoms with Crippen LogP contribution in [0.3, 0.4) is 0 Å². The Balaban J connectivity index is 2.82. The van der Waals surface area contributed by atoms with Crippen molar-refractivity contribution >= 4 is 11.9 Å². The van der Waals surface area contributed by atoms with Crippen molar-refractivity contribution < 1.29 is 9.90 Å². The number of aromatic nitrogens is 2. The van der Waals surface area contributed by atoms with Crippen LogP contribution in [0.25, 0.3) is 0 Å². The molecule has 1 aromatic heterocycles. The maximum atomic E-state index is 11.1. The van der Waals surface area contributed by atoms with Crippen LogP contribution in [0.2, 0.25) is 0 Å². The number of anilines is 1. The first kappa shape index (κ1) is 13.4. The molecule has 1 atom stereocenters. The average Bonchev–Trinajstić information content (AvgIpc) is 2.13. The Labute approximate surface area is 101 Å². The van der Waals surface area contributed by atoms with Gasteiger partial charge in [-0.1, -0.05) is 13.8 Å². The van der Waals surface area contributed by atoms with Crippen LogP contribution < -0.4 is 5.32 Å². The summed E-state index contributed by atoms with van der Waals surface area (Å²) in [6.07, 6.45) is 0.547. The van der Waals surface area contributed by atoms with Crippen molar-refractivity contribution in [1.82, 2.24) is 9.97 Å². The summed E-state index contributed by atoms with van der Waals surface area (Å²) in [5, 5.41) is 12.0. The van der Waals surface area contributed by atoms with E-state index in [1.165, 1.54) is 0 Å². The van der Waals surface area contributed by atoms with Crippen molar-refractivity contribution in [3.05, 3.63) is 17.5 Å². The van der Waals surface area contributed by atoms with Crippen LogP contribution in [-0.2, 0) is 4.79 Å². The molecule has 0 fully saturated rings. The zero-order chi connectivity index (χ0) is 13.0. The molecule has 0 saturated heterocycles. The van der Waals surface area contributed by atoms with Crippen LogP contribution in [0.4, 0.5) is 5.95 Å². The summed E-state index contributed by atoms with van der Waals surface area (Å²) >= 11 is 0. The van der Waals surface area contributed by atoms with Gasteiger partial charge in [0, 0.05) is 11.4 Å². The molecule has 1 heterocycles. The van der Waals surface area contributed by atoms with Gasteiger partial charge in [-0.05, 0) is 32.3 Å². The Morgan fingerprint density at radius 1 is 1.35 bits per heavy atom. The molecule has 1 aromatic rings. The molecule has 5 heteroatoms. The minimum atomic E-state index is -0.874. The fourth-order valence-electron chi connectivity index (χ4n) is 1.64. The molecule has 0 aromatic carbocycles.